The summed E-state index contributed by atoms with van der Waals surface area (Å²) >= 11 is 0. The Morgan fingerprint density at radius 2 is 2.05 bits per heavy atom. The number of hydrogen-bond donors (Lipinski definition) is 1. The van der Waals surface area contributed by atoms with Crippen molar-refractivity contribution in [1.29, 1.82) is 0 Å². The zero-order valence-electron chi connectivity index (χ0n) is 10.1. The molecule has 2 atom stereocenters. The minimum absolute atomic E-state index is 0.233. The smallest absolute Gasteiger partial charge is 0.388 e. The Hall–Kier alpha value is -1.14. The van der Waals surface area contributed by atoms with Gasteiger partial charge in [0.25, 0.3) is 0 Å². The van der Waals surface area contributed by atoms with E-state index in [1.807, 2.05) is 0 Å². The molecule has 106 valence electrons. The van der Waals surface area contributed by atoms with Gasteiger partial charge in [0.2, 0.25) is 0 Å². The van der Waals surface area contributed by atoms with Crippen molar-refractivity contribution in [1.82, 2.24) is 0 Å². The van der Waals surface area contributed by atoms with Crippen LogP contribution in [0.5, 0.6) is 0 Å². The molecular formula is C13H14F4O2. The molecule has 0 aliphatic carbocycles. The molecule has 1 saturated heterocycles. The number of rotatable bonds is 2. The first-order chi connectivity index (χ1) is 8.89. The van der Waals surface area contributed by atoms with Crippen molar-refractivity contribution < 1.29 is 27.4 Å². The van der Waals surface area contributed by atoms with E-state index in [4.69, 9.17) is 4.74 Å². The largest absolute Gasteiger partial charge is 0.416 e. The summed E-state index contributed by atoms with van der Waals surface area (Å²) < 4.78 is 56.5. The van der Waals surface area contributed by atoms with E-state index in [9.17, 15) is 22.7 Å². The molecule has 2 unspecified atom stereocenters. The molecule has 2 rings (SSSR count). The summed E-state index contributed by atoms with van der Waals surface area (Å²) in [4.78, 5) is 0. The SMILES string of the molecule is OC(c1cc(C(F)(F)F)ccc1F)C1CCCOC1. The Balaban J connectivity index is 2.27. The molecule has 1 fully saturated rings. The van der Waals surface area contributed by atoms with Gasteiger partial charge in [0, 0.05) is 18.1 Å². The van der Waals surface area contributed by atoms with E-state index in [-0.39, 0.29) is 18.1 Å². The molecule has 0 saturated carbocycles. The number of alkyl halides is 3. The van der Waals surface area contributed by atoms with Crippen LogP contribution >= 0.6 is 0 Å². The van der Waals surface area contributed by atoms with E-state index in [0.717, 1.165) is 6.07 Å². The first-order valence-electron chi connectivity index (χ1n) is 6.02. The highest BCUT2D eigenvalue weighted by Crippen LogP contribution is 2.35. The van der Waals surface area contributed by atoms with Gasteiger partial charge in [0.15, 0.2) is 0 Å². The van der Waals surface area contributed by atoms with Gasteiger partial charge in [-0.25, -0.2) is 4.39 Å². The minimum Gasteiger partial charge on any atom is -0.388 e. The first kappa shape index (κ1) is 14.3. The second-order valence-corrected chi connectivity index (χ2v) is 4.66. The maximum atomic E-state index is 13.6. The van der Waals surface area contributed by atoms with Crippen molar-refractivity contribution in [3.63, 3.8) is 0 Å². The molecule has 1 aromatic rings. The van der Waals surface area contributed by atoms with Crippen molar-refractivity contribution in [2.45, 2.75) is 25.1 Å². The molecule has 1 aliphatic rings. The van der Waals surface area contributed by atoms with Gasteiger partial charge in [-0.2, -0.15) is 13.2 Å². The van der Waals surface area contributed by atoms with Crippen molar-refractivity contribution in [3.8, 4) is 0 Å². The summed E-state index contributed by atoms with van der Waals surface area (Å²) in [5.41, 5.74) is -1.27. The molecule has 19 heavy (non-hydrogen) atoms. The molecule has 1 heterocycles. The summed E-state index contributed by atoms with van der Waals surface area (Å²) in [7, 11) is 0. The Labute approximate surface area is 108 Å². The van der Waals surface area contributed by atoms with Gasteiger partial charge >= 0.3 is 6.18 Å². The van der Waals surface area contributed by atoms with Gasteiger partial charge in [0.05, 0.1) is 18.3 Å². The predicted molar refractivity (Wildman–Crippen MR) is 59.9 cm³/mol. The van der Waals surface area contributed by atoms with E-state index < -0.39 is 23.7 Å². The fourth-order valence-electron chi connectivity index (χ4n) is 2.22. The van der Waals surface area contributed by atoms with Gasteiger partial charge < -0.3 is 9.84 Å². The average molecular weight is 278 g/mol. The van der Waals surface area contributed by atoms with Crippen molar-refractivity contribution >= 4 is 0 Å². The van der Waals surface area contributed by atoms with Crippen LogP contribution in [0.3, 0.4) is 0 Å². The molecular weight excluding hydrogens is 264 g/mol. The second-order valence-electron chi connectivity index (χ2n) is 4.66. The third-order valence-corrected chi connectivity index (χ3v) is 3.28. The fraction of sp³-hybridized carbons (Fsp3) is 0.538. The van der Waals surface area contributed by atoms with Gasteiger partial charge in [-0.05, 0) is 31.0 Å². The maximum Gasteiger partial charge on any atom is 0.416 e. The molecule has 1 aromatic carbocycles. The summed E-state index contributed by atoms with van der Waals surface area (Å²) in [5.74, 6) is -1.20. The first-order valence-corrected chi connectivity index (χ1v) is 6.02. The Morgan fingerprint density at radius 3 is 2.63 bits per heavy atom. The van der Waals surface area contributed by atoms with Crippen LogP contribution < -0.4 is 0 Å². The van der Waals surface area contributed by atoms with Crippen LogP contribution in [0.25, 0.3) is 0 Å². The highest BCUT2D eigenvalue weighted by atomic mass is 19.4. The van der Waals surface area contributed by atoms with Crippen LogP contribution in [0.1, 0.15) is 30.1 Å². The van der Waals surface area contributed by atoms with Crippen LogP contribution in [0.2, 0.25) is 0 Å². The molecule has 2 nitrogen and oxygen atoms in total. The van der Waals surface area contributed by atoms with Crippen molar-refractivity contribution in [3.05, 3.63) is 35.1 Å². The van der Waals surface area contributed by atoms with E-state index in [0.29, 0.717) is 31.6 Å². The van der Waals surface area contributed by atoms with Crippen LogP contribution in [0.4, 0.5) is 17.6 Å². The molecule has 6 heteroatoms. The zero-order chi connectivity index (χ0) is 14.0. The Morgan fingerprint density at radius 1 is 1.32 bits per heavy atom. The molecule has 1 N–H and O–H groups in total. The number of aliphatic hydroxyl groups excluding tert-OH is 1. The molecule has 0 aromatic heterocycles. The lowest BCUT2D eigenvalue weighted by Crippen LogP contribution is -2.24. The Bertz CT molecular complexity index is 439. The standard InChI is InChI=1S/C13H14F4O2/c14-11-4-3-9(13(15,16)17)6-10(11)12(18)8-2-1-5-19-7-8/h3-4,6,8,12,18H,1-2,5,7H2. The van der Waals surface area contributed by atoms with Gasteiger partial charge in [-0.15, -0.1) is 0 Å². The van der Waals surface area contributed by atoms with E-state index in [1.54, 1.807) is 0 Å². The van der Waals surface area contributed by atoms with Crippen LogP contribution in [-0.4, -0.2) is 18.3 Å². The van der Waals surface area contributed by atoms with E-state index in [1.165, 1.54) is 0 Å². The summed E-state index contributed by atoms with van der Waals surface area (Å²) in [6.45, 7) is 0.797. The number of hydrogen-bond acceptors (Lipinski definition) is 2. The van der Waals surface area contributed by atoms with Crippen molar-refractivity contribution in [2.75, 3.05) is 13.2 Å². The third kappa shape index (κ3) is 3.25. The highest BCUT2D eigenvalue weighted by molar-refractivity contribution is 5.29. The molecule has 0 spiro atoms. The normalized spacial score (nSPS) is 22.3. The Kier molecular flexibility index (Phi) is 4.10. The fourth-order valence-corrected chi connectivity index (χ4v) is 2.22. The molecule has 0 radical (unpaired) electrons. The number of benzene rings is 1. The summed E-state index contributed by atoms with van der Waals surface area (Å²) in [6.07, 6.45) is -4.51. The number of ether oxygens (including phenoxy) is 1. The average Bonchev–Trinajstić information content (AvgIpc) is 2.38. The number of halogens is 4. The van der Waals surface area contributed by atoms with Crippen molar-refractivity contribution in [2.24, 2.45) is 5.92 Å². The summed E-state index contributed by atoms with van der Waals surface area (Å²) in [6, 6.07) is 2.09. The summed E-state index contributed by atoms with van der Waals surface area (Å²) in [5, 5.41) is 10.0. The lowest BCUT2D eigenvalue weighted by Gasteiger charge is -2.27. The molecule has 0 bridgehead atoms. The van der Waals surface area contributed by atoms with Crippen LogP contribution in [0, 0.1) is 11.7 Å². The van der Waals surface area contributed by atoms with Crippen LogP contribution in [0.15, 0.2) is 18.2 Å². The van der Waals surface area contributed by atoms with Crippen LogP contribution in [-0.2, 0) is 10.9 Å². The molecule has 1 aliphatic heterocycles. The number of aliphatic hydroxyl groups is 1. The monoisotopic (exact) mass is 278 g/mol. The highest BCUT2D eigenvalue weighted by Gasteiger charge is 2.33. The molecule has 0 amide bonds. The predicted octanol–water partition coefficient (Wildman–Crippen LogP) is 3.30. The lowest BCUT2D eigenvalue weighted by atomic mass is 9.90. The zero-order valence-corrected chi connectivity index (χ0v) is 10.1. The maximum absolute atomic E-state index is 13.6. The van der Waals surface area contributed by atoms with Gasteiger partial charge in [-0.1, -0.05) is 0 Å². The van der Waals surface area contributed by atoms with E-state index >= 15 is 0 Å². The minimum atomic E-state index is -4.55. The third-order valence-electron chi connectivity index (χ3n) is 3.28. The quantitative estimate of drug-likeness (QED) is 0.841. The van der Waals surface area contributed by atoms with E-state index in [2.05, 4.69) is 0 Å². The topological polar surface area (TPSA) is 29.5 Å². The van der Waals surface area contributed by atoms with Gasteiger partial charge in [-0.3, -0.25) is 0 Å². The second kappa shape index (κ2) is 5.46. The van der Waals surface area contributed by atoms with Gasteiger partial charge in [0.1, 0.15) is 5.82 Å². The lowest BCUT2D eigenvalue weighted by molar-refractivity contribution is -0.137.